The zero-order valence-electron chi connectivity index (χ0n) is 12.4. The smallest absolute Gasteiger partial charge is 0.252 e. The van der Waals surface area contributed by atoms with Crippen molar-refractivity contribution >= 4 is 11.8 Å². The molecule has 0 atom stereocenters. The first-order valence-corrected chi connectivity index (χ1v) is 6.99. The molecule has 0 saturated carbocycles. The van der Waals surface area contributed by atoms with E-state index >= 15 is 0 Å². The lowest BCUT2D eigenvalue weighted by atomic mass is 10.2. The minimum absolute atomic E-state index is 0.0348. The summed E-state index contributed by atoms with van der Waals surface area (Å²) in [5, 5.41) is 2.78. The van der Waals surface area contributed by atoms with Crippen LogP contribution in [-0.4, -0.2) is 39.8 Å². The average Bonchev–Trinajstić information content (AvgIpc) is 2.55. The van der Waals surface area contributed by atoms with Gasteiger partial charge in [0.25, 0.3) is 5.91 Å². The van der Waals surface area contributed by atoms with Gasteiger partial charge in [-0.05, 0) is 29.8 Å². The summed E-state index contributed by atoms with van der Waals surface area (Å²) in [5.41, 5.74) is 1.51. The largest absolute Gasteiger partial charge is 0.350 e. The molecule has 6 nitrogen and oxygen atoms in total. The number of nitrogens with one attached hydrogen (secondary N) is 1. The molecule has 2 rings (SSSR count). The molecule has 22 heavy (non-hydrogen) atoms. The number of amides is 2. The molecule has 2 aromatic heterocycles. The van der Waals surface area contributed by atoms with E-state index in [-0.39, 0.29) is 11.8 Å². The summed E-state index contributed by atoms with van der Waals surface area (Å²) < 4.78 is 0. The zero-order chi connectivity index (χ0) is 15.8. The van der Waals surface area contributed by atoms with Crippen molar-refractivity contribution in [3.8, 4) is 0 Å². The third kappa shape index (κ3) is 4.66. The molecule has 0 unspecified atom stereocenters. The van der Waals surface area contributed by atoms with Crippen molar-refractivity contribution < 1.29 is 9.59 Å². The van der Waals surface area contributed by atoms with Gasteiger partial charge in [-0.1, -0.05) is 0 Å². The van der Waals surface area contributed by atoms with Crippen molar-refractivity contribution in [3.63, 3.8) is 0 Å². The first-order chi connectivity index (χ1) is 10.7. The summed E-state index contributed by atoms with van der Waals surface area (Å²) in [5.74, 6) is -0.229. The summed E-state index contributed by atoms with van der Waals surface area (Å²) in [7, 11) is 0. The van der Waals surface area contributed by atoms with Gasteiger partial charge in [-0.2, -0.15) is 0 Å². The lowest BCUT2D eigenvalue weighted by Gasteiger charge is -2.21. The number of hydrogen-bond acceptors (Lipinski definition) is 4. The van der Waals surface area contributed by atoms with Crippen LogP contribution in [0.15, 0.2) is 49.1 Å². The topological polar surface area (TPSA) is 75.2 Å². The van der Waals surface area contributed by atoms with E-state index in [9.17, 15) is 9.59 Å². The van der Waals surface area contributed by atoms with E-state index in [1.807, 2.05) is 12.1 Å². The van der Waals surface area contributed by atoms with Crippen LogP contribution >= 0.6 is 0 Å². The van der Waals surface area contributed by atoms with Crippen LogP contribution in [0, 0.1) is 0 Å². The van der Waals surface area contributed by atoms with Gasteiger partial charge in [-0.3, -0.25) is 19.6 Å². The monoisotopic (exact) mass is 298 g/mol. The van der Waals surface area contributed by atoms with Crippen LogP contribution < -0.4 is 5.32 Å². The molecule has 0 saturated heterocycles. The van der Waals surface area contributed by atoms with Crippen molar-refractivity contribution in [2.24, 2.45) is 0 Å². The summed E-state index contributed by atoms with van der Waals surface area (Å²) in [6, 6.07) is 7.14. The van der Waals surface area contributed by atoms with Gasteiger partial charge >= 0.3 is 0 Å². The fourth-order valence-electron chi connectivity index (χ4n) is 1.96. The lowest BCUT2D eigenvalue weighted by Crippen LogP contribution is -2.37. The minimum Gasteiger partial charge on any atom is -0.350 e. The Bertz CT molecular complexity index is 617. The molecule has 0 bridgehead atoms. The maximum absolute atomic E-state index is 11.9. The van der Waals surface area contributed by atoms with E-state index in [1.54, 1.807) is 35.6 Å². The molecule has 0 fully saturated rings. The molecule has 0 aliphatic rings. The molecule has 0 radical (unpaired) electrons. The SMILES string of the molecule is CC(=O)N(CCNC(=O)c1cccnc1)Cc1ccncc1. The predicted octanol–water partition coefficient (Wildman–Crippen LogP) is 1.26. The van der Waals surface area contributed by atoms with Crippen LogP contribution in [-0.2, 0) is 11.3 Å². The van der Waals surface area contributed by atoms with E-state index in [0.29, 0.717) is 25.2 Å². The fourth-order valence-corrected chi connectivity index (χ4v) is 1.96. The van der Waals surface area contributed by atoms with E-state index in [2.05, 4.69) is 15.3 Å². The van der Waals surface area contributed by atoms with Crippen LogP contribution in [0.4, 0.5) is 0 Å². The summed E-state index contributed by atoms with van der Waals surface area (Å²) in [6.07, 6.45) is 6.51. The quantitative estimate of drug-likeness (QED) is 0.871. The summed E-state index contributed by atoms with van der Waals surface area (Å²) in [6.45, 7) is 2.85. The standard InChI is InChI=1S/C16H18N4O2/c1-13(21)20(12-14-4-7-17-8-5-14)10-9-19-16(22)15-3-2-6-18-11-15/h2-8,11H,9-10,12H2,1H3,(H,19,22). The average molecular weight is 298 g/mol. The minimum atomic E-state index is -0.194. The van der Waals surface area contributed by atoms with E-state index in [1.165, 1.54) is 13.1 Å². The molecule has 0 aliphatic heterocycles. The molecule has 6 heteroatoms. The molecule has 0 aliphatic carbocycles. The zero-order valence-corrected chi connectivity index (χ0v) is 12.4. The molecule has 2 heterocycles. The van der Waals surface area contributed by atoms with Crippen LogP contribution in [0.5, 0.6) is 0 Å². The summed E-state index contributed by atoms with van der Waals surface area (Å²) in [4.78, 5) is 33.1. The van der Waals surface area contributed by atoms with Crippen molar-refractivity contribution in [2.75, 3.05) is 13.1 Å². The highest BCUT2D eigenvalue weighted by atomic mass is 16.2. The Balaban J connectivity index is 1.85. The number of carbonyl (C=O) groups excluding carboxylic acids is 2. The second-order valence-corrected chi connectivity index (χ2v) is 4.79. The number of hydrogen-bond donors (Lipinski definition) is 1. The number of pyridine rings is 2. The van der Waals surface area contributed by atoms with Crippen molar-refractivity contribution in [2.45, 2.75) is 13.5 Å². The number of rotatable bonds is 6. The number of nitrogens with zero attached hydrogens (tertiary/aromatic N) is 3. The Morgan fingerprint density at radius 3 is 2.55 bits per heavy atom. The van der Waals surface area contributed by atoms with E-state index in [4.69, 9.17) is 0 Å². The van der Waals surface area contributed by atoms with Gasteiger partial charge in [0.05, 0.1) is 5.56 Å². The Morgan fingerprint density at radius 2 is 1.91 bits per heavy atom. The van der Waals surface area contributed by atoms with Crippen LogP contribution in [0.2, 0.25) is 0 Å². The van der Waals surface area contributed by atoms with Gasteiger partial charge in [0.2, 0.25) is 5.91 Å². The highest BCUT2D eigenvalue weighted by Gasteiger charge is 2.10. The lowest BCUT2D eigenvalue weighted by molar-refractivity contribution is -0.129. The molecule has 2 amide bonds. The van der Waals surface area contributed by atoms with E-state index < -0.39 is 0 Å². The predicted molar refractivity (Wildman–Crippen MR) is 81.9 cm³/mol. The first kappa shape index (κ1) is 15.6. The fraction of sp³-hybridized carbons (Fsp3) is 0.250. The van der Waals surface area contributed by atoms with Crippen molar-refractivity contribution in [1.29, 1.82) is 0 Å². The third-order valence-corrected chi connectivity index (χ3v) is 3.16. The number of aromatic nitrogens is 2. The second kappa shape index (κ2) is 7.87. The Labute approximate surface area is 129 Å². The van der Waals surface area contributed by atoms with Gasteiger partial charge < -0.3 is 10.2 Å². The Hall–Kier alpha value is -2.76. The first-order valence-electron chi connectivity index (χ1n) is 6.99. The molecular formula is C16H18N4O2. The maximum Gasteiger partial charge on any atom is 0.252 e. The van der Waals surface area contributed by atoms with Crippen LogP contribution in [0.3, 0.4) is 0 Å². The van der Waals surface area contributed by atoms with Gasteiger partial charge in [-0.15, -0.1) is 0 Å². The molecule has 0 spiro atoms. The van der Waals surface area contributed by atoms with E-state index in [0.717, 1.165) is 5.56 Å². The molecule has 1 N–H and O–H groups in total. The van der Waals surface area contributed by atoms with Gasteiger partial charge in [0, 0.05) is 51.3 Å². The van der Waals surface area contributed by atoms with Gasteiger partial charge in [0.15, 0.2) is 0 Å². The molecule has 114 valence electrons. The molecular weight excluding hydrogens is 280 g/mol. The normalized spacial score (nSPS) is 10.0. The Kier molecular flexibility index (Phi) is 5.59. The maximum atomic E-state index is 11.9. The van der Waals surface area contributed by atoms with Gasteiger partial charge in [-0.25, -0.2) is 0 Å². The van der Waals surface area contributed by atoms with Gasteiger partial charge in [0.1, 0.15) is 0 Å². The number of carbonyl (C=O) groups is 2. The highest BCUT2D eigenvalue weighted by molar-refractivity contribution is 5.93. The molecule has 2 aromatic rings. The van der Waals surface area contributed by atoms with Crippen molar-refractivity contribution in [3.05, 3.63) is 60.2 Å². The Morgan fingerprint density at radius 1 is 1.14 bits per heavy atom. The third-order valence-electron chi connectivity index (χ3n) is 3.16. The second-order valence-electron chi connectivity index (χ2n) is 4.79. The van der Waals surface area contributed by atoms with Crippen LogP contribution in [0.1, 0.15) is 22.8 Å². The van der Waals surface area contributed by atoms with Crippen LogP contribution in [0.25, 0.3) is 0 Å². The summed E-state index contributed by atoms with van der Waals surface area (Å²) >= 11 is 0. The van der Waals surface area contributed by atoms with Crippen molar-refractivity contribution in [1.82, 2.24) is 20.2 Å². The highest BCUT2D eigenvalue weighted by Crippen LogP contribution is 2.03. The molecule has 0 aromatic carbocycles.